The molecule has 0 aromatic heterocycles. The summed E-state index contributed by atoms with van der Waals surface area (Å²) in [7, 11) is 0. The van der Waals surface area contributed by atoms with Gasteiger partial charge in [-0.2, -0.15) is 0 Å². The quantitative estimate of drug-likeness (QED) is 0.210. The number of benzene rings is 6. The van der Waals surface area contributed by atoms with Crippen LogP contribution in [0.5, 0.6) is 0 Å². The Kier molecular flexibility index (Phi) is 5.09. The third-order valence-electron chi connectivity index (χ3n) is 9.16. The summed E-state index contributed by atoms with van der Waals surface area (Å²) >= 11 is 0. The van der Waals surface area contributed by atoms with E-state index in [1.807, 2.05) is 12.1 Å². The van der Waals surface area contributed by atoms with Crippen molar-refractivity contribution in [2.24, 2.45) is 0 Å². The van der Waals surface area contributed by atoms with Crippen LogP contribution in [0.2, 0.25) is 0 Å². The first-order valence-electron chi connectivity index (χ1n) is 14.2. The number of ketones is 1. The lowest BCUT2D eigenvalue weighted by Crippen LogP contribution is -2.25. The van der Waals surface area contributed by atoms with E-state index in [2.05, 4.69) is 128 Å². The number of aryl methyl sites for hydroxylation is 1. The van der Waals surface area contributed by atoms with Gasteiger partial charge >= 0.3 is 0 Å². The molecule has 2 aliphatic rings. The van der Waals surface area contributed by atoms with Gasteiger partial charge in [-0.25, -0.2) is 0 Å². The molecule has 0 unspecified atom stereocenters. The van der Waals surface area contributed by atoms with Crippen molar-refractivity contribution in [1.29, 1.82) is 0 Å². The minimum Gasteiger partial charge on any atom is -0.294 e. The van der Waals surface area contributed by atoms with Gasteiger partial charge in [0.15, 0.2) is 5.78 Å². The summed E-state index contributed by atoms with van der Waals surface area (Å²) in [5.74, 6) is 0.0776. The van der Waals surface area contributed by atoms with Crippen LogP contribution in [0.3, 0.4) is 0 Å². The smallest absolute Gasteiger partial charge is 0.160 e. The third kappa shape index (κ3) is 3.21. The van der Waals surface area contributed by atoms with Crippen molar-refractivity contribution in [2.45, 2.75) is 19.3 Å². The SMILES string of the molecule is CC(=O)c1cc(-c2ccc3c(c2)C2(c4ccccc4-c4ccccc42)c2ccccc2-3)ccc1-c1ccccc1C. The number of hydrogen-bond acceptors (Lipinski definition) is 1. The first-order chi connectivity index (χ1) is 20.1. The van der Waals surface area contributed by atoms with Crippen molar-refractivity contribution in [1.82, 2.24) is 0 Å². The van der Waals surface area contributed by atoms with Gasteiger partial charge in [-0.3, -0.25) is 4.79 Å². The summed E-state index contributed by atoms with van der Waals surface area (Å²) in [5.41, 5.74) is 16.3. The molecule has 0 radical (unpaired) electrons. The number of rotatable bonds is 3. The largest absolute Gasteiger partial charge is 0.294 e. The van der Waals surface area contributed by atoms with Crippen LogP contribution in [0, 0.1) is 6.92 Å². The van der Waals surface area contributed by atoms with E-state index in [1.165, 1.54) is 50.1 Å². The lowest BCUT2D eigenvalue weighted by Gasteiger charge is -2.30. The fourth-order valence-corrected chi connectivity index (χ4v) is 7.40. The average molecular weight is 525 g/mol. The molecule has 0 aliphatic heterocycles. The zero-order chi connectivity index (χ0) is 27.7. The standard InChI is InChI=1S/C40H28O/c1-25-11-3-4-12-29(25)30-21-19-27(23-35(30)26(2)41)28-20-22-34-33-15-7-10-18-38(33)40(39(34)24-28)36-16-8-5-13-31(36)32-14-6-9-17-37(32)40/h3-24H,1-2H3. The summed E-state index contributed by atoms with van der Waals surface area (Å²) in [6, 6.07) is 48.1. The van der Waals surface area contributed by atoms with Gasteiger partial charge in [0.1, 0.15) is 0 Å². The second-order valence-electron chi connectivity index (χ2n) is 11.3. The van der Waals surface area contributed by atoms with Gasteiger partial charge in [0, 0.05) is 5.56 Å². The fraction of sp³-hybridized carbons (Fsp3) is 0.0750. The van der Waals surface area contributed by atoms with Gasteiger partial charge in [-0.15, -0.1) is 0 Å². The van der Waals surface area contributed by atoms with Crippen LogP contribution in [-0.4, -0.2) is 5.78 Å². The third-order valence-corrected chi connectivity index (χ3v) is 9.16. The minimum absolute atomic E-state index is 0.0776. The Labute approximate surface area is 240 Å². The van der Waals surface area contributed by atoms with Gasteiger partial charge in [-0.1, -0.05) is 121 Å². The van der Waals surface area contributed by atoms with Gasteiger partial charge < -0.3 is 0 Å². The highest BCUT2D eigenvalue weighted by molar-refractivity contribution is 6.03. The lowest BCUT2D eigenvalue weighted by atomic mass is 9.70. The number of Topliss-reactive ketones (excluding diaryl/α,β-unsaturated/α-hetero) is 1. The van der Waals surface area contributed by atoms with Crippen LogP contribution in [-0.2, 0) is 5.41 Å². The van der Waals surface area contributed by atoms with E-state index in [4.69, 9.17) is 0 Å². The van der Waals surface area contributed by atoms with Crippen LogP contribution in [0.25, 0.3) is 44.5 Å². The number of fused-ring (bicyclic) bond motifs is 10. The van der Waals surface area contributed by atoms with Crippen LogP contribution in [0.1, 0.15) is 45.1 Å². The summed E-state index contributed by atoms with van der Waals surface area (Å²) in [5, 5.41) is 0. The molecule has 1 nitrogen and oxygen atoms in total. The number of carbonyl (C=O) groups excluding carboxylic acids is 1. The van der Waals surface area contributed by atoms with Crippen molar-refractivity contribution >= 4 is 5.78 Å². The van der Waals surface area contributed by atoms with Crippen LogP contribution in [0.15, 0.2) is 133 Å². The molecular formula is C40H28O. The van der Waals surface area contributed by atoms with Gasteiger partial charge in [0.2, 0.25) is 0 Å². The van der Waals surface area contributed by atoms with Crippen molar-refractivity contribution < 1.29 is 4.79 Å². The summed E-state index contributed by atoms with van der Waals surface area (Å²) < 4.78 is 0. The number of carbonyl (C=O) groups is 1. The topological polar surface area (TPSA) is 17.1 Å². The van der Waals surface area contributed by atoms with Crippen molar-refractivity contribution in [3.63, 3.8) is 0 Å². The first kappa shape index (κ1) is 23.8. The fourth-order valence-electron chi connectivity index (χ4n) is 7.40. The van der Waals surface area contributed by atoms with E-state index in [0.29, 0.717) is 0 Å². The van der Waals surface area contributed by atoms with Crippen molar-refractivity contribution in [3.8, 4) is 44.5 Å². The Bertz CT molecular complexity index is 1980. The monoisotopic (exact) mass is 524 g/mol. The molecule has 1 heteroatoms. The first-order valence-corrected chi connectivity index (χ1v) is 14.2. The maximum absolute atomic E-state index is 12.9. The van der Waals surface area contributed by atoms with E-state index < -0.39 is 0 Å². The van der Waals surface area contributed by atoms with E-state index in [1.54, 1.807) is 6.92 Å². The Morgan fingerprint density at radius 3 is 1.44 bits per heavy atom. The van der Waals surface area contributed by atoms with Crippen molar-refractivity contribution in [3.05, 3.63) is 167 Å². The lowest BCUT2D eigenvalue weighted by molar-refractivity contribution is 0.101. The molecule has 0 amide bonds. The van der Waals surface area contributed by atoms with E-state index in [-0.39, 0.29) is 11.2 Å². The molecule has 0 bridgehead atoms. The molecule has 6 aromatic rings. The van der Waals surface area contributed by atoms with Crippen LogP contribution in [0.4, 0.5) is 0 Å². The molecule has 0 saturated heterocycles. The Morgan fingerprint density at radius 1 is 0.463 bits per heavy atom. The van der Waals surface area contributed by atoms with Crippen LogP contribution >= 0.6 is 0 Å². The summed E-state index contributed by atoms with van der Waals surface area (Å²) in [6.45, 7) is 3.77. The Hall–Kier alpha value is -5.01. The molecule has 0 atom stereocenters. The second kappa shape index (κ2) is 8.74. The van der Waals surface area contributed by atoms with E-state index in [9.17, 15) is 4.79 Å². The highest BCUT2D eigenvalue weighted by atomic mass is 16.1. The maximum atomic E-state index is 12.9. The van der Waals surface area contributed by atoms with Gasteiger partial charge in [0.25, 0.3) is 0 Å². The molecule has 0 N–H and O–H groups in total. The van der Waals surface area contributed by atoms with Crippen LogP contribution < -0.4 is 0 Å². The molecule has 41 heavy (non-hydrogen) atoms. The molecule has 0 saturated carbocycles. The molecule has 8 rings (SSSR count). The predicted octanol–water partition coefficient (Wildman–Crippen LogP) is 9.88. The summed E-state index contributed by atoms with van der Waals surface area (Å²) in [4.78, 5) is 12.9. The van der Waals surface area contributed by atoms with Gasteiger partial charge in [-0.05, 0) is 98.3 Å². The van der Waals surface area contributed by atoms with Crippen molar-refractivity contribution in [2.75, 3.05) is 0 Å². The zero-order valence-corrected chi connectivity index (χ0v) is 23.1. The predicted molar refractivity (Wildman–Crippen MR) is 168 cm³/mol. The van der Waals surface area contributed by atoms with E-state index >= 15 is 0 Å². The average Bonchev–Trinajstić information content (AvgIpc) is 3.48. The van der Waals surface area contributed by atoms with E-state index in [0.717, 1.165) is 27.8 Å². The maximum Gasteiger partial charge on any atom is 0.160 e. The molecule has 2 aliphatic carbocycles. The molecule has 1 spiro atoms. The minimum atomic E-state index is -0.375. The zero-order valence-electron chi connectivity index (χ0n) is 23.1. The molecule has 0 fully saturated rings. The molecular weight excluding hydrogens is 496 g/mol. The Morgan fingerprint density at radius 2 is 0.902 bits per heavy atom. The molecule has 194 valence electrons. The highest BCUT2D eigenvalue weighted by Gasteiger charge is 2.51. The normalized spacial score (nSPS) is 13.4. The second-order valence-corrected chi connectivity index (χ2v) is 11.3. The molecule has 0 heterocycles. The Balaban J connectivity index is 1.38. The highest BCUT2D eigenvalue weighted by Crippen LogP contribution is 2.63. The summed E-state index contributed by atoms with van der Waals surface area (Å²) in [6.07, 6.45) is 0. The van der Waals surface area contributed by atoms with Gasteiger partial charge in [0.05, 0.1) is 5.41 Å². The number of hydrogen-bond donors (Lipinski definition) is 0. The molecule has 6 aromatic carbocycles.